The third-order valence-corrected chi connectivity index (χ3v) is 2.83. The maximum atomic E-state index is 11.6. The van der Waals surface area contributed by atoms with E-state index in [2.05, 4.69) is 0 Å². The van der Waals surface area contributed by atoms with E-state index in [-0.39, 0.29) is 30.4 Å². The van der Waals surface area contributed by atoms with Crippen LogP contribution < -0.4 is 10.2 Å². The van der Waals surface area contributed by atoms with E-state index in [0.29, 0.717) is 12.0 Å². The van der Waals surface area contributed by atoms with Crippen LogP contribution in [0.1, 0.15) is 11.3 Å². The van der Waals surface area contributed by atoms with Gasteiger partial charge in [0.15, 0.2) is 0 Å². The second-order valence-corrected chi connectivity index (χ2v) is 4.22. The van der Waals surface area contributed by atoms with Crippen LogP contribution in [-0.4, -0.2) is 16.6 Å². The molecule has 7 heteroatoms. The topological polar surface area (TPSA) is 103 Å². The van der Waals surface area contributed by atoms with Gasteiger partial charge in [0, 0.05) is 24.1 Å². The van der Waals surface area contributed by atoms with E-state index in [1.807, 2.05) is 0 Å². The molecule has 1 aromatic heterocycles. The van der Waals surface area contributed by atoms with Crippen LogP contribution in [0.5, 0.6) is 5.75 Å². The number of aliphatic hydroxyl groups excluding tert-OH is 1. The summed E-state index contributed by atoms with van der Waals surface area (Å²) < 4.78 is 10.2. The van der Waals surface area contributed by atoms with Crippen molar-refractivity contribution in [3.63, 3.8) is 0 Å². The van der Waals surface area contributed by atoms with Crippen molar-refractivity contribution >= 4 is 5.69 Å². The largest absolute Gasteiger partial charge is 0.486 e. The lowest BCUT2D eigenvalue weighted by Crippen LogP contribution is -2.11. The van der Waals surface area contributed by atoms with Crippen LogP contribution in [0, 0.1) is 10.1 Å². The number of hydrogen-bond acceptors (Lipinski definition) is 6. The minimum absolute atomic E-state index is 0.00536. The highest BCUT2D eigenvalue weighted by atomic mass is 16.6. The predicted molar refractivity (Wildman–Crippen MR) is 73.2 cm³/mol. The number of nitro benzene ring substituents is 1. The summed E-state index contributed by atoms with van der Waals surface area (Å²) in [5.74, 6) is 0.150. The molecule has 21 heavy (non-hydrogen) atoms. The highest BCUT2D eigenvalue weighted by Gasteiger charge is 2.12. The summed E-state index contributed by atoms with van der Waals surface area (Å²) in [5, 5.41) is 19.7. The number of aliphatic hydroxyl groups is 1. The molecule has 0 saturated heterocycles. The van der Waals surface area contributed by atoms with Crippen molar-refractivity contribution in [2.24, 2.45) is 0 Å². The maximum absolute atomic E-state index is 11.6. The minimum Gasteiger partial charge on any atom is -0.486 e. The van der Waals surface area contributed by atoms with Crippen molar-refractivity contribution in [2.75, 3.05) is 6.61 Å². The average Bonchev–Trinajstić information content (AvgIpc) is 2.49. The Kier molecular flexibility index (Phi) is 4.68. The van der Waals surface area contributed by atoms with Crippen molar-refractivity contribution in [1.82, 2.24) is 0 Å². The van der Waals surface area contributed by atoms with Gasteiger partial charge in [-0.05, 0) is 0 Å². The van der Waals surface area contributed by atoms with Crippen LogP contribution >= 0.6 is 0 Å². The molecule has 7 nitrogen and oxygen atoms in total. The molecule has 1 aromatic carbocycles. The molecule has 0 aliphatic carbocycles. The third kappa shape index (κ3) is 3.67. The summed E-state index contributed by atoms with van der Waals surface area (Å²) in [6.07, 6.45) is 1.41. The van der Waals surface area contributed by atoms with Crippen molar-refractivity contribution in [3.05, 3.63) is 68.3 Å². The molecule has 1 N–H and O–H groups in total. The molecule has 110 valence electrons. The summed E-state index contributed by atoms with van der Waals surface area (Å²) >= 11 is 0. The molecule has 0 bridgehead atoms. The predicted octanol–water partition coefficient (Wildman–Crippen LogP) is 1.66. The van der Waals surface area contributed by atoms with E-state index in [4.69, 9.17) is 14.3 Å². The van der Waals surface area contributed by atoms with Gasteiger partial charge in [0.1, 0.15) is 18.6 Å². The lowest BCUT2D eigenvalue weighted by atomic mass is 10.1. The van der Waals surface area contributed by atoms with Gasteiger partial charge in [-0.25, -0.2) is 0 Å². The van der Waals surface area contributed by atoms with Crippen molar-refractivity contribution < 1.29 is 19.2 Å². The molecule has 0 radical (unpaired) electrons. The molecule has 0 fully saturated rings. The summed E-state index contributed by atoms with van der Waals surface area (Å²) in [6.45, 7) is -0.264. The van der Waals surface area contributed by atoms with Gasteiger partial charge in [-0.1, -0.05) is 18.2 Å². The first-order chi connectivity index (χ1) is 10.1. The molecular formula is C14H13NO6. The summed E-state index contributed by atoms with van der Waals surface area (Å²) in [4.78, 5) is 22.0. The average molecular weight is 291 g/mol. The van der Waals surface area contributed by atoms with Gasteiger partial charge in [-0.3, -0.25) is 14.9 Å². The monoisotopic (exact) mass is 291 g/mol. The Morgan fingerprint density at radius 1 is 1.33 bits per heavy atom. The van der Waals surface area contributed by atoms with E-state index < -0.39 is 10.4 Å². The zero-order valence-electron chi connectivity index (χ0n) is 11.0. The molecule has 2 aromatic rings. The van der Waals surface area contributed by atoms with Crippen LogP contribution in [0.2, 0.25) is 0 Å². The molecule has 0 aliphatic heterocycles. The molecular weight excluding hydrogens is 278 g/mol. The highest BCUT2D eigenvalue weighted by molar-refractivity contribution is 5.39. The SMILES string of the molecule is O=c1cc(CO)occ1OCCc1ccccc1[N+](=O)[O-]. The number of benzene rings is 1. The fraction of sp³-hybridized carbons (Fsp3) is 0.214. The zero-order valence-corrected chi connectivity index (χ0v) is 11.0. The Labute approximate surface area is 119 Å². The zero-order chi connectivity index (χ0) is 15.2. The fourth-order valence-electron chi connectivity index (χ4n) is 1.80. The van der Waals surface area contributed by atoms with Crippen LogP contribution in [0.25, 0.3) is 0 Å². The smallest absolute Gasteiger partial charge is 0.272 e. The number of hydrogen-bond donors (Lipinski definition) is 1. The molecule has 0 saturated carbocycles. The summed E-state index contributed by atoms with van der Waals surface area (Å²) in [6, 6.07) is 7.48. The normalized spacial score (nSPS) is 10.3. The van der Waals surface area contributed by atoms with Crippen molar-refractivity contribution in [3.8, 4) is 5.75 Å². The molecule has 0 unspecified atom stereocenters. The second-order valence-electron chi connectivity index (χ2n) is 4.22. The van der Waals surface area contributed by atoms with Gasteiger partial charge in [0.25, 0.3) is 5.69 Å². The Bertz CT molecular complexity index is 694. The molecule has 0 aliphatic rings. The van der Waals surface area contributed by atoms with Crippen molar-refractivity contribution in [2.45, 2.75) is 13.0 Å². The van der Waals surface area contributed by atoms with Gasteiger partial charge in [0.05, 0.1) is 11.5 Å². The minimum atomic E-state index is -0.459. The van der Waals surface area contributed by atoms with Crippen molar-refractivity contribution in [1.29, 1.82) is 0 Å². The Morgan fingerprint density at radius 3 is 2.76 bits per heavy atom. The van der Waals surface area contributed by atoms with Gasteiger partial charge < -0.3 is 14.3 Å². The quantitative estimate of drug-likeness (QED) is 0.641. The number of ether oxygens (including phenoxy) is 1. The molecule has 0 spiro atoms. The fourth-order valence-corrected chi connectivity index (χ4v) is 1.80. The van der Waals surface area contributed by atoms with E-state index in [9.17, 15) is 14.9 Å². The highest BCUT2D eigenvalue weighted by Crippen LogP contribution is 2.18. The Morgan fingerprint density at radius 2 is 2.10 bits per heavy atom. The van der Waals surface area contributed by atoms with E-state index in [0.717, 1.165) is 12.3 Å². The standard InChI is InChI=1S/C14H13NO6/c16-8-11-7-13(17)14(9-21-11)20-6-5-10-3-1-2-4-12(10)15(18)19/h1-4,7,9,16H,5-6,8H2. The van der Waals surface area contributed by atoms with Crippen LogP contribution in [0.15, 0.2) is 45.8 Å². The first-order valence-electron chi connectivity index (χ1n) is 6.19. The Balaban J connectivity index is 2.02. The van der Waals surface area contributed by atoms with E-state index in [1.165, 1.54) is 6.07 Å². The first kappa shape index (κ1) is 14.7. The van der Waals surface area contributed by atoms with Crippen LogP contribution in [0.3, 0.4) is 0 Å². The molecule has 0 atom stereocenters. The second kappa shape index (κ2) is 6.67. The van der Waals surface area contributed by atoms with Crippen LogP contribution in [-0.2, 0) is 13.0 Å². The number of para-hydroxylation sites is 1. The number of nitrogens with zero attached hydrogens (tertiary/aromatic N) is 1. The lowest BCUT2D eigenvalue weighted by molar-refractivity contribution is -0.385. The molecule has 2 rings (SSSR count). The van der Waals surface area contributed by atoms with Gasteiger partial charge in [-0.2, -0.15) is 0 Å². The third-order valence-electron chi connectivity index (χ3n) is 2.83. The molecule has 1 heterocycles. The number of rotatable bonds is 6. The first-order valence-corrected chi connectivity index (χ1v) is 6.19. The number of nitro groups is 1. The van der Waals surface area contributed by atoms with Crippen LogP contribution in [0.4, 0.5) is 5.69 Å². The molecule has 0 amide bonds. The van der Waals surface area contributed by atoms with E-state index in [1.54, 1.807) is 18.2 Å². The van der Waals surface area contributed by atoms with Gasteiger partial charge in [0.2, 0.25) is 11.2 Å². The van der Waals surface area contributed by atoms with Gasteiger partial charge in [-0.15, -0.1) is 0 Å². The summed E-state index contributed by atoms with van der Waals surface area (Å²) in [7, 11) is 0. The Hall–Kier alpha value is -2.67. The lowest BCUT2D eigenvalue weighted by Gasteiger charge is -2.06. The van der Waals surface area contributed by atoms with Gasteiger partial charge >= 0.3 is 0 Å². The maximum Gasteiger partial charge on any atom is 0.272 e. The summed E-state index contributed by atoms with van der Waals surface area (Å²) in [5.41, 5.74) is 0.135. The van der Waals surface area contributed by atoms with E-state index >= 15 is 0 Å².